The molecule has 0 spiro atoms. The molecule has 0 amide bonds. The van der Waals surface area contributed by atoms with E-state index in [1.807, 2.05) is 0 Å². The van der Waals surface area contributed by atoms with Crippen molar-refractivity contribution >= 4 is 22.5 Å². The lowest BCUT2D eigenvalue weighted by molar-refractivity contribution is 0.122. The molecule has 0 unspecified atom stereocenters. The molecule has 0 saturated heterocycles. The van der Waals surface area contributed by atoms with Gasteiger partial charge in [0.2, 0.25) is 0 Å². The fraction of sp³-hybridized carbons (Fsp3) is 0.167. The molecule has 0 fully saturated rings. The number of halogens is 4. The lowest BCUT2D eigenvalue weighted by atomic mass is 10.2. The van der Waals surface area contributed by atoms with Gasteiger partial charge in [0, 0.05) is 35.5 Å². The third-order valence-electron chi connectivity index (χ3n) is 4.10. The van der Waals surface area contributed by atoms with Gasteiger partial charge in [-0.15, -0.1) is 0 Å². The maximum Gasteiger partial charge on any atom is 0.257 e. The molecule has 0 aliphatic rings. The van der Waals surface area contributed by atoms with Crippen molar-refractivity contribution in [2.24, 2.45) is 0 Å². The van der Waals surface area contributed by atoms with Crippen molar-refractivity contribution in [2.75, 3.05) is 5.32 Å². The lowest BCUT2D eigenvalue weighted by Crippen LogP contribution is -2.07. The highest BCUT2D eigenvalue weighted by Crippen LogP contribution is 2.21. The fourth-order valence-corrected chi connectivity index (χ4v) is 2.80. The smallest absolute Gasteiger partial charge is 0.257 e. The van der Waals surface area contributed by atoms with Gasteiger partial charge in [-0.05, 0) is 6.07 Å². The van der Waals surface area contributed by atoms with Gasteiger partial charge < -0.3 is 5.32 Å². The number of nitrogens with zero attached hydrogens (tertiary/aromatic N) is 5. The maximum absolute atomic E-state index is 13.9. The van der Waals surface area contributed by atoms with E-state index in [4.69, 9.17) is 0 Å². The van der Waals surface area contributed by atoms with Gasteiger partial charge in [-0.3, -0.25) is 9.36 Å². The van der Waals surface area contributed by atoms with Crippen LogP contribution in [-0.2, 0) is 13.1 Å². The molecule has 0 saturated carbocycles. The van der Waals surface area contributed by atoms with E-state index in [-0.39, 0.29) is 12.1 Å². The van der Waals surface area contributed by atoms with Gasteiger partial charge in [0.25, 0.3) is 6.43 Å². The first-order valence-corrected chi connectivity index (χ1v) is 8.32. The molecule has 0 aliphatic carbocycles. The summed E-state index contributed by atoms with van der Waals surface area (Å²) in [5.74, 6) is -1.06. The van der Waals surface area contributed by atoms with Crippen LogP contribution in [0.15, 0.2) is 48.9 Å². The van der Waals surface area contributed by atoms with E-state index in [1.54, 1.807) is 24.5 Å². The van der Waals surface area contributed by atoms with Crippen LogP contribution in [0.2, 0.25) is 0 Å². The van der Waals surface area contributed by atoms with Crippen LogP contribution < -0.4 is 5.32 Å². The van der Waals surface area contributed by atoms with Crippen LogP contribution in [0, 0.1) is 11.6 Å². The quantitative estimate of drug-likeness (QED) is 0.506. The Morgan fingerprint density at radius 3 is 2.75 bits per heavy atom. The predicted molar refractivity (Wildman–Crippen MR) is 94.5 cm³/mol. The van der Waals surface area contributed by atoms with Gasteiger partial charge in [0.1, 0.15) is 12.4 Å². The lowest BCUT2D eigenvalue weighted by Gasteiger charge is -2.07. The number of rotatable bonds is 6. The SMILES string of the molecule is Fc1cccc(Cn2ncc3cnc(Nc4ccn(CC(F)F)n4)cc32)c1F. The minimum absolute atomic E-state index is 0.0412. The Kier molecular flexibility index (Phi) is 4.68. The second kappa shape index (κ2) is 7.29. The summed E-state index contributed by atoms with van der Waals surface area (Å²) in [7, 11) is 0. The van der Waals surface area contributed by atoms with Crippen molar-refractivity contribution in [2.45, 2.75) is 19.5 Å². The third kappa shape index (κ3) is 3.66. The van der Waals surface area contributed by atoms with E-state index in [0.29, 0.717) is 22.5 Å². The highest BCUT2D eigenvalue weighted by Gasteiger charge is 2.12. The van der Waals surface area contributed by atoms with Gasteiger partial charge >= 0.3 is 0 Å². The minimum atomic E-state index is -2.50. The summed E-state index contributed by atoms with van der Waals surface area (Å²) in [6.45, 7) is -0.459. The van der Waals surface area contributed by atoms with E-state index in [1.165, 1.54) is 23.0 Å². The average molecular weight is 390 g/mol. The van der Waals surface area contributed by atoms with Crippen molar-refractivity contribution in [3.63, 3.8) is 0 Å². The Bertz CT molecular complexity index is 1120. The number of nitrogens with one attached hydrogen (secondary N) is 1. The summed E-state index contributed by atoms with van der Waals surface area (Å²) in [6.07, 6.45) is 2.07. The molecule has 0 bridgehead atoms. The summed E-state index contributed by atoms with van der Waals surface area (Å²) in [6, 6.07) is 7.20. The zero-order valence-electron chi connectivity index (χ0n) is 14.4. The average Bonchev–Trinajstić information content (AvgIpc) is 3.25. The summed E-state index contributed by atoms with van der Waals surface area (Å²) < 4.78 is 54.9. The number of benzene rings is 1. The first kappa shape index (κ1) is 18.0. The predicted octanol–water partition coefficient (Wildman–Crippen LogP) is 3.96. The number of hydrogen-bond acceptors (Lipinski definition) is 4. The number of hydrogen-bond donors (Lipinski definition) is 1. The summed E-state index contributed by atoms with van der Waals surface area (Å²) >= 11 is 0. The van der Waals surface area contributed by atoms with Crippen LogP contribution in [0.4, 0.5) is 29.2 Å². The Balaban J connectivity index is 1.59. The van der Waals surface area contributed by atoms with Crippen molar-refractivity contribution in [1.82, 2.24) is 24.5 Å². The summed E-state index contributed by atoms with van der Waals surface area (Å²) in [5.41, 5.74) is 0.815. The molecule has 4 aromatic rings. The summed E-state index contributed by atoms with van der Waals surface area (Å²) in [4.78, 5) is 4.23. The van der Waals surface area contributed by atoms with Crippen LogP contribution in [0.1, 0.15) is 5.56 Å². The van der Waals surface area contributed by atoms with Gasteiger partial charge in [0.15, 0.2) is 17.5 Å². The number of pyridine rings is 1. The monoisotopic (exact) mass is 390 g/mol. The van der Waals surface area contributed by atoms with Crippen LogP contribution in [0.25, 0.3) is 10.9 Å². The van der Waals surface area contributed by atoms with Crippen molar-refractivity contribution in [3.05, 3.63) is 66.1 Å². The van der Waals surface area contributed by atoms with Crippen molar-refractivity contribution in [3.8, 4) is 0 Å². The zero-order chi connectivity index (χ0) is 19.7. The maximum atomic E-state index is 13.9. The van der Waals surface area contributed by atoms with E-state index >= 15 is 0 Å². The molecule has 28 heavy (non-hydrogen) atoms. The fourth-order valence-electron chi connectivity index (χ4n) is 2.80. The van der Waals surface area contributed by atoms with E-state index in [2.05, 4.69) is 20.5 Å². The minimum Gasteiger partial charge on any atom is -0.323 e. The molecular weight excluding hydrogens is 376 g/mol. The van der Waals surface area contributed by atoms with Crippen LogP contribution in [0.5, 0.6) is 0 Å². The standard InChI is InChI=1S/C18H14F4N6/c19-13-3-1-2-11(18(13)22)9-28-14-6-17(23-7-12(14)8-24-28)25-16-4-5-27(26-16)10-15(20)21/h1-8,15H,9-10H2,(H,23,25,26). The molecule has 0 radical (unpaired) electrons. The van der Waals surface area contributed by atoms with Gasteiger partial charge in [-0.25, -0.2) is 22.5 Å². The molecule has 10 heteroatoms. The number of aromatic nitrogens is 5. The second-order valence-corrected chi connectivity index (χ2v) is 6.08. The molecule has 1 aromatic carbocycles. The normalized spacial score (nSPS) is 11.5. The Morgan fingerprint density at radius 1 is 1.07 bits per heavy atom. The Hall–Kier alpha value is -3.43. The summed E-state index contributed by atoms with van der Waals surface area (Å²) in [5, 5.41) is 11.8. The zero-order valence-corrected chi connectivity index (χ0v) is 14.4. The second-order valence-electron chi connectivity index (χ2n) is 6.08. The van der Waals surface area contributed by atoms with Crippen molar-refractivity contribution < 1.29 is 17.6 Å². The Morgan fingerprint density at radius 2 is 1.93 bits per heavy atom. The van der Waals surface area contributed by atoms with E-state index in [9.17, 15) is 17.6 Å². The first-order valence-electron chi connectivity index (χ1n) is 8.32. The molecule has 3 heterocycles. The molecule has 144 valence electrons. The highest BCUT2D eigenvalue weighted by atomic mass is 19.3. The van der Waals surface area contributed by atoms with Crippen LogP contribution >= 0.6 is 0 Å². The third-order valence-corrected chi connectivity index (χ3v) is 4.10. The first-order chi connectivity index (χ1) is 13.5. The molecule has 4 rings (SSSR count). The molecule has 1 N–H and O–H groups in total. The molecular formula is C18H14F4N6. The van der Waals surface area contributed by atoms with Crippen LogP contribution in [0.3, 0.4) is 0 Å². The molecule has 0 atom stereocenters. The Labute approximate surface area is 156 Å². The molecule has 3 aromatic heterocycles. The van der Waals surface area contributed by atoms with E-state index < -0.39 is 24.6 Å². The highest BCUT2D eigenvalue weighted by molar-refractivity contribution is 5.80. The molecule has 0 aliphatic heterocycles. The molecule has 6 nitrogen and oxygen atoms in total. The van der Waals surface area contributed by atoms with Gasteiger partial charge in [0.05, 0.1) is 18.3 Å². The van der Waals surface area contributed by atoms with Gasteiger partial charge in [-0.2, -0.15) is 10.2 Å². The van der Waals surface area contributed by atoms with E-state index in [0.717, 1.165) is 10.7 Å². The largest absolute Gasteiger partial charge is 0.323 e. The van der Waals surface area contributed by atoms with Crippen molar-refractivity contribution in [1.29, 1.82) is 0 Å². The topological polar surface area (TPSA) is 60.6 Å². The number of fused-ring (bicyclic) bond motifs is 1. The van der Waals surface area contributed by atoms with Crippen LogP contribution in [-0.4, -0.2) is 31.0 Å². The number of alkyl halides is 2. The number of anilines is 2. The van der Waals surface area contributed by atoms with Gasteiger partial charge in [-0.1, -0.05) is 12.1 Å².